The van der Waals surface area contributed by atoms with Gasteiger partial charge in [-0.3, -0.25) is 14.3 Å². The Morgan fingerprint density at radius 3 is 2.56 bits per heavy atom. The third-order valence-electron chi connectivity index (χ3n) is 8.14. The number of fused-ring (bicyclic) bond motifs is 2. The molecule has 3 aromatic heterocycles. The molecule has 1 atom stereocenters. The van der Waals surface area contributed by atoms with Crippen LogP contribution in [-0.2, 0) is 18.2 Å². The van der Waals surface area contributed by atoms with Crippen molar-refractivity contribution in [3.8, 4) is 5.69 Å². The Morgan fingerprint density at radius 2 is 1.88 bits per heavy atom. The summed E-state index contributed by atoms with van der Waals surface area (Å²) in [5.41, 5.74) is 2.79. The second-order valence-electron chi connectivity index (χ2n) is 10.3. The molecule has 0 aliphatic carbocycles. The number of hydrogen-bond donors (Lipinski definition) is 1. The van der Waals surface area contributed by atoms with Crippen LogP contribution in [0.15, 0.2) is 47.5 Å². The molecule has 0 bridgehead atoms. The maximum atomic E-state index is 14.8. The molecule has 1 aromatic carbocycles. The number of hydrogen-bond acceptors (Lipinski definition) is 6. The number of halogens is 3. The third-order valence-corrected chi connectivity index (χ3v) is 8.14. The van der Waals surface area contributed by atoms with Crippen molar-refractivity contribution in [1.29, 1.82) is 0 Å². The summed E-state index contributed by atoms with van der Waals surface area (Å²) in [6.07, 6.45) is 5.49. The van der Waals surface area contributed by atoms with Crippen LogP contribution in [0.5, 0.6) is 0 Å². The van der Waals surface area contributed by atoms with E-state index < -0.39 is 23.4 Å². The Morgan fingerprint density at radius 1 is 1.12 bits per heavy atom. The molecule has 2 aliphatic rings. The van der Waals surface area contributed by atoms with Crippen LogP contribution in [0.25, 0.3) is 22.3 Å². The van der Waals surface area contributed by atoms with Crippen molar-refractivity contribution in [3.63, 3.8) is 0 Å². The molecule has 6 rings (SSSR count). The van der Waals surface area contributed by atoms with E-state index >= 15 is 0 Å². The van der Waals surface area contributed by atoms with Gasteiger partial charge in [0, 0.05) is 61.1 Å². The minimum absolute atomic E-state index is 0.103. The third kappa shape index (κ3) is 4.40. The predicted molar refractivity (Wildman–Crippen MR) is 149 cm³/mol. The molecule has 0 spiro atoms. The van der Waals surface area contributed by atoms with Crippen LogP contribution < -0.4 is 10.9 Å². The summed E-state index contributed by atoms with van der Waals surface area (Å²) in [4.78, 5) is 31.6. The first-order valence-electron chi connectivity index (χ1n) is 13.3. The van der Waals surface area contributed by atoms with Crippen LogP contribution in [0.3, 0.4) is 0 Å². The normalized spacial score (nSPS) is 15.9. The largest absolute Gasteiger partial charge is 0.465 e. The van der Waals surface area contributed by atoms with E-state index in [0.717, 1.165) is 24.9 Å². The van der Waals surface area contributed by atoms with Crippen molar-refractivity contribution in [2.45, 2.75) is 25.8 Å². The lowest BCUT2D eigenvalue weighted by molar-refractivity contribution is 0.0599. The van der Waals surface area contributed by atoms with Gasteiger partial charge in [-0.2, -0.15) is 0 Å². The summed E-state index contributed by atoms with van der Waals surface area (Å²) < 4.78 is 52.3. The SMILES string of the molecule is COC(=O)c1cc(F)c(C2=CCN([C@@H](C)c3cc4c(-n5cc(F)c6c(c5=O)CCN6)ccnc4n3C)CC2)c(F)c1. The number of ether oxygens (including phenoxy) is 1. The summed E-state index contributed by atoms with van der Waals surface area (Å²) in [6, 6.07) is 5.55. The molecule has 0 radical (unpaired) electrons. The van der Waals surface area contributed by atoms with E-state index in [0.29, 0.717) is 60.3 Å². The van der Waals surface area contributed by atoms with Crippen molar-refractivity contribution in [1.82, 2.24) is 19.0 Å². The van der Waals surface area contributed by atoms with Gasteiger partial charge >= 0.3 is 5.97 Å². The highest BCUT2D eigenvalue weighted by atomic mass is 19.1. The zero-order valence-corrected chi connectivity index (χ0v) is 22.8. The molecule has 212 valence electrons. The number of benzene rings is 1. The van der Waals surface area contributed by atoms with Crippen LogP contribution in [0, 0.1) is 17.5 Å². The average molecular weight is 564 g/mol. The zero-order valence-electron chi connectivity index (χ0n) is 22.8. The van der Waals surface area contributed by atoms with E-state index in [1.54, 1.807) is 18.3 Å². The minimum atomic E-state index is -0.806. The first kappa shape index (κ1) is 26.8. The molecule has 5 heterocycles. The Hall–Kier alpha value is -4.38. The number of nitrogens with zero attached hydrogens (tertiary/aromatic N) is 4. The number of carbonyl (C=O) groups excluding carboxylic acids is 1. The quantitative estimate of drug-likeness (QED) is 0.353. The van der Waals surface area contributed by atoms with Gasteiger partial charge in [0.15, 0.2) is 5.82 Å². The van der Waals surface area contributed by atoms with Gasteiger partial charge in [0.25, 0.3) is 5.56 Å². The second-order valence-corrected chi connectivity index (χ2v) is 10.3. The molecule has 0 saturated carbocycles. The fourth-order valence-electron chi connectivity index (χ4n) is 5.95. The standard InChI is InChI=1S/C30H28F3N5O3/c1-16(37-10-6-17(7-11-37)26-21(31)12-18(13-22(26)32)30(40)41-3)25-14-20-24(5-9-35-28(20)36(25)2)38-15-23(33)27-19(29(38)39)4-8-34-27/h5-6,9,12-16,34H,4,7-8,10-11H2,1-3H3/t16-/m0/s1. The molecule has 0 amide bonds. The van der Waals surface area contributed by atoms with Gasteiger partial charge < -0.3 is 14.6 Å². The molecule has 11 heteroatoms. The highest BCUT2D eigenvalue weighted by Crippen LogP contribution is 2.34. The Bertz CT molecular complexity index is 1790. The number of aryl methyl sites for hydroxylation is 1. The molecule has 1 N–H and O–H groups in total. The van der Waals surface area contributed by atoms with Crippen LogP contribution >= 0.6 is 0 Å². The molecule has 0 unspecified atom stereocenters. The van der Waals surface area contributed by atoms with Crippen LogP contribution in [0.1, 0.15) is 46.6 Å². The highest BCUT2D eigenvalue weighted by Gasteiger charge is 2.27. The Balaban J connectivity index is 1.31. The van der Waals surface area contributed by atoms with Crippen LogP contribution in [0.2, 0.25) is 0 Å². The zero-order chi connectivity index (χ0) is 29.0. The molecule has 0 saturated heterocycles. The van der Waals surface area contributed by atoms with Gasteiger partial charge in [0.1, 0.15) is 17.3 Å². The first-order valence-corrected chi connectivity index (χ1v) is 13.3. The summed E-state index contributed by atoms with van der Waals surface area (Å²) >= 11 is 0. The lowest BCUT2D eigenvalue weighted by atomic mass is 9.96. The van der Waals surface area contributed by atoms with Gasteiger partial charge in [-0.25, -0.2) is 22.9 Å². The maximum Gasteiger partial charge on any atom is 0.338 e. The van der Waals surface area contributed by atoms with E-state index in [9.17, 15) is 22.8 Å². The molecule has 4 aromatic rings. The molecule has 8 nitrogen and oxygen atoms in total. The lowest BCUT2D eigenvalue weighted by Gasteiger charge is -2.32. The summed E-state index contributed by atoms with van der Waals surface area (Å²) in [7, 11) is 3.04. The van der Waals surface area contributed by atoms with E-state index in [1.165, 1.54) is 10.8 Å². The average Bonchev–Trinajstić information content (AvgIpc) is 3.60. The fraction of sp³-hybridized carbons (Fsp3) is 0.300. The molecule has 0 fully saturated rings. The molecular weight excluding hydrogens is 535 g/mol. The monoisotopic (exact) mass is 563 g/mol. The van der Waals surface area contributed by atoms with Crippen molar-refractivity contribution >= 4 is 28.3 Å². The fourth-order valence-corrected chi connectivity index (χ4v) is 5.95. The van der Waals surface area contributed by atoms with E-state index in [1.807, 2.05) is 24.6 Å². The number of esters is 1. The van der Waals surface area contributed by atoms with Crippen LogP contribution in [0.4, 0.5) is 18.9 Å². The molecule has 2 aliphatic heterocycles. The number of pyridine rings is 2. The van der Waals surface area contributed by atoms with Gasteiger partial charge in [0.05, 0.1) is 30.2 Å². The van der Waals surface area contributed by atoms with E-state index in [2.05, 4.69) is 19.9 Å². The van der Waals surface area contributed by atoms with Crippen molar-refractivity contribution in [3.05, 3.63) is 92.9 Å². The minimum Gasteiger partial charge on any atom is -0.465 e. The maximum absolute atomic E-state index is 14.8. The van der Waals surface area contributed by atoms with E-state index in [-0.39, 0.29) is 28.4 Å². The van der Waals surface area contributed by atoms with E-state index in [4.69, 9.17) is 0 Å². The smallest absolute Gasteiger partial charge is 0.338 e. The topological polar surface area (TPSA) is 81.4 Å². The predicted octanol–water partition coefficient (Wildman–Crippen LogP) is 4.75. The highest BCUT2D eigenvalue weighted by molar-refractivity contribution is 5.90. The van der Waals surface area contributed by atoms with Crippen molar-refractivity contribution < 1.29 is 22.7 Å². The van der Waals surface area contributed by atoms with Crippen molar-refractivity contribution in [2.24, 2.45) is 7.05 Å². The number of carbonyl (C=O) groups is 1. The molecule has 41 heavy (non-hydrogen) atoms. The Labute approximate surface area is 233 Å². The van der Waals surface area contributed by atoms with Crippen molar-refractivity contribution in [2.75, 3.05) is 32.1 Å². The number of aromatic nitrogens is 3. The number of anilines is 1. The van der Waals surface area contributed by atoms with Crippen LogP contribution in [-0.4, -0.2) is 51.7 Å². The molecular formula is C30H28F3N5O3. The lowest BCUT2D eigenvalue weighted by Crippen LogP contribution is -2.32. The van der Waals surface area contributed by atoms with Gasteiger partial charge in [0.2, 0.25) is 0 Å². The number of methoxy groups -OCH3 is 1. The number of nitrogens with one attached hydrogen (secondary N) is 1. The summed E-state index contributed by atoms with van der Waals surface area (Å²) in [5, 5.41) is 3.66. The summed E-state index contributed by atoms with van der Waals surface area (Å²) in [6.45, 7) is 3.54. The van der Waals surface area contributed by atoms with Gasteiger partial charge in [-0.1, -0.05) is 6.08 Å². The first-order chi connectivity index (χ1) is 19.7. The van der Waals surface area contributed by atoms with Gasteiger partial charge in [-0.05, 0) is 49.6 Å². The Kier molecular flexibility index (Phi) is 6.69. The summed E-state index contributed by atoms with van der Waals surface area (Å²) in [5.74, 6) is -2.89. The van der Waals surface area contributed by atoms with Gasteiger partial charge in [-0.15, -0.1) is 0 Å². The second kappa shape index (κ2) is 10.2. The number of rotatable bonds is 5.